The Morgan fingerprint density at radius 1 is 0.309 bits per heavy atom. The summed E-state index contributed by atoms with van der Waals surface area (Å²) >= 11 is 0. The molecule has 0 aliphatic rings. The second kappa shape index (κ2) is 76.4. The summed E-state index contributed by atoms with van der Waals surface area (Å²) in [7, 11) is 5.93. The molecule has 0 rings (SSSR count). The van der Waals surface area contributed by atoms with Crippen LogP contribution in [0.15, 0.2) is 170 Å². The summed E-state index contributed by atoms with van der Waals surface area (Å²) in [6.07, 6.45) is 112. The third kappa shape index (κ3) is 77.9. The Bertz CT molecular complexity index is 2210. The van der Waals surface area contributed by atoms with Crippen LogP contribution in [0.4, 0.5) is 0 Å². The lowest BCUT2D eigenvalue weighted by Gasteiger charge is -2.26. The van der Waals surface area contributed by atoms with Crippen LogP contribution in [0.5, 0.6) is 0 Å². The van der Waals surface area contributed by atoms with Crippen LogP contribution in [0, 0.1) is 0 Å². The largest absolute Gasteiger partial charge is 0.545 e. The van der Waals surface area contributed by atoms with Gasteiger partial charge in [-0.1, -0.05) is 338 Å². The molecule has 9 heteroatoms. The molecule has 0 aliphatic heterocycles. The highest BCUT2D eigenvalue weighted by molar-refractivity contribution is 5.70. The van der Waals surface area contributed by atoms with Crippen LogP contribution in [-0.4, -0.2) is 82.3 Å². The Morgan fingerprint density at radius 2 is 0.557 bits per heavy atom. The Hall–Kier alpha value is -5.35. The molecule has 0 bridgehead atoms. The summed E-state index contributed by atoms with van der Waals surface area (Å²) in [4.78, 5) is 37.6. The number of esters is 2. The number of carboxylic acids is 1. The molecule has 97 heavy (non-hydrogen) atoms. The fraction of sp³-hybridized carbons (Fsp3) is 0.648. The number of hydrogen-bond acceptors (Lipinski definition) is 8. The fourth-order valence-electron chi connectivity index (χ4n) is 10.6. The number of rotatable bonds is 71. The van der Waals surface area contributed by atoms with Crippen molar-refractivity contribution >= 4 is 17.9 Å². The average molecular weight is 1350 g/mol. The second-order valence-electron chi connectivity index (χ2n) is 26.9. The number of quaternary nitrogens is 1. The van der Waals surface area contributed by atoms with E-state index in [1.54, 1.807) is 0 Å². The maximum absolute atomic E-state index is 13.0. The summed E-state index contributed by atoms with van der Waals surface area (Å²) in [5, 5.41) is 11.9. The minimum atomic E-state index is -1.63. The van der Waals surface area contributed by atoms with Gasteiger partial charge in [-0.15, -0.1) is 0 Å². The number of ether oxygens (including phenoxy) is 4. The predicted molar refractivity (Wildman–Crippen MR) is 416 cm³/mol. The number of carbonyl (C=O) groups is 3. The van der Waals surface area contributed by atoms with Gasteiger partial charge in [0.05, 0.1) is 40.3 Å². The number of carboxylic acid groups (broad SMARTS) is 1. The lowest BCUT2D eigenvalue weighted by molar-refractivity contribution is -0.870. The highest BCUT2D eigenvalue weighted by Crippen LogP contribution is 2.17. The summed E-state index contributed by atoms with van der Waals surface area (Å²) in [5.41, 5.74) is 0. The van der Waals surface area contributed by atoms with Crippen molar-refractivity contribution in [1.29, 1.82) is 0 Å². The number of hydrogen-bond donors (Lipinski definition) is 0. The van der Waals surface area contributed by atoms with Crippen LogP contribution in [0.3, 0.4) is 0 Å². The van der Waals surface area contributed by atoms with E-state index in [9.17, 15) is 19.5 Å². The van der Waals surface area contributed by atoms with E-state index in [1.165, 1.54) is 148 Å². The van der Waals surface area contributed by atoms with Gasteiger partial charge in [0.25, 0.3) is 0 Å². The number of allylic oxidation sites excluding steroid dienone is 28. The van der Waals surface area contributed by atoms with Gasteiger partial charge in [-0.2, -0.15) is 0 Å². The average Bonchev–Trinajstić information content (AvgIpc) is 3.27. The molecule has 2 unspecified atom stereocenters. The van der Waals surface area contributed by atoms with Gasteiger partial charge in [-0.25, -0.2) is 0 Å². The van der Waals surface area contributed by atoms with E-state index >= 15 is 0 Å². The molecular formula is C88H145NO8. The molecule has 0 saturated heterocycles. The Labute approximate surface area is 597 Å². The first-order chi connectivity index (χ1) is 47.6. The number of aliphatic carboxylic acids is 1. The quantitative estimate of drug-likeness (QED) is 0.0195. The molecule has 0 heterocycles. The van der Waals surface area contributed by atoms with Crippen LogP contribution >= 0.6 is 0 Å². The van der Waals surface area contributed by atoms with E-state index in [0.717, 1.165) is 128 Å². The van der Waals surface area contributed by atoms with Crippen LogP contribution in [-0.2, 0) is 33.3 Å². The first-order valence-corrected chi connectivity index (χ1v) is 39.3. The smallest absolute Gasteiger partial charge is 0.306 e. The first kappa shape index (κ1) is 91.6. The topological polar surface area (TPSA) is 111 Å². The second-order valence-corrected chi connectivity index (χ2v) is 26.9. The number of nitrogens with zero attached hydrogens (tertiary/aromatic N) is 1. The summed E-state index contributed by atoms with van der Waals surface area (Å²) in [6, 6.07) is 0. The molecule has 0 saturated carbocycles. The molecule has 0 radical (unpaired) electrons. The monoisotopic (exact) mass is 1340 g/mol. The SMILES string of the molecule is CC/C=C\C/C=C\C/C=C\C/C=C\C/C=C\C/C=C\C/C=C\C/C=C\CCCCCCCCCCCCCCCCCCC(=O)OC(COC(=O)CCCCCCCCCCCCCC/C=C\C/C=C\C/C=C\C/C=C\C/C=C\C/C=C\CC)COC(OCC[N+](C)(C)C)C(=O)[O-]. The lowest BCUT2D eigenvalue weighted by Crippen LogP contribution is -2.44. The van der Waals surface area contributed by atoms with Crippen molar-refractivity contribution in [2.45, 2.75) is 322 Å². The van der Waals surface area contributed by atoms with E-state index in [-0.39, 0.29) is 38.6 Å². The molecule has 0 fully saturated rings. The Kier molecular flexibility index (Phi) is 72.2. The molecule has 9 nitrogen and oxygen atoms in total. The lowest BCUT2D eigenvalue weighted by atomic mass is 10.0. The van der Waals surface area contributed by atoms with Gasteiger partial charge < -0.3 is 33.3 Å². The standard InChI is InChI=1S/C88H145NO8/c1-6-8-10-12-14-16-18-20-22-24-26-28-30-32-34-36-38-39-40-41-42-43-44-45-46-47-49-51-53-55-57-59-61-63-65-67-69-71-73-75-77-79-86(91)97-84(83-96-88(87(92)93)94-81-80-89(3,4)5)82-95-85(90)78-76-74-72-70-68-66-64-62-60-58-56-54-52-50-48-37-35-33-31-29-27-25-23-21-19-17-15-13-11-9-7-2/h8-11,14-17,20-23,26-29,32-35,38-39,41-42,44-45,48,50,84,88H,6-7,12-13,18-19,24-25,30-31,36-37,40,43,46-47,49,51-83H2,1-5H3/b10-8-,11-9-,16-14-,17-15-,22-20-,23-21-,28-26-,29-27-,34-32-,35-33-,39-38-,42-41-,45-44-,50-48-. The maximum atomic E-state index is 13.0. The molecule has 0 amide bonds. The van der Waals surface area contributed by atoms with Crippen molar-refractivity contribution in [1.82, 2.24) is 0 Å². The van der Waals surface area contributed by atoms with Crippen molar-refractivity contribution in [2.24, 2.45) is 0 Å². The van der Waals surface area contributed by atoms with Gasteiger partial charge in [0.1, 0.15) is 13.2 Å². The molecule has 0 aromatic rings. The van der Waals surface area contributed by atoms with Gasteiger partial charge in [-0.05, 0) is 128 Å². The number of unbranched alkanes of at least 4 members (excludes halogenated alkanes) is 28. The summed E-state index contributed by atoms with van der Waals surface area (Å²) < 4.78 is 22.9. The van der Waals surface area contributed by atoms with Crippen LogP contribution in [0.25, 0.3) is 0 Å². The van der Waals surface area contributed by atoms with Crippen molar-refractivity contribution in [3.8, 4) is 0 Å². The summed E-state index contributed by atoms with van der Waals surface area (Å²) in [6.45, 7) is 4.53. The zero-order valence-electron chi connectivity index (χ0n) is 62.9. The number of carbonyl (C=O) groups excluding carboxylic acids is 3. The van der Waals surface area contributed by atoms with Gasteiger partial charge in [0, 0.05) is 12.8 Å². The van der Waals surface area contributed by atoms with Crippen molar-refractivity contribution in [2.75, 3.05) is 47.5 Å². The summed E-state index contributed by atoms with van der Waals surface area (Å²) in [5.74, 6) is -2.29. The molecule has 0 spiro atoms. The number of likely N-dealkylation sites (N-methyl/N-ethyl adjacent to an activating group) is 1. The Balaban J connectivity index is 4.08. The first-order valence-electron chi connectivity index (χ1n) is 39.3. The fourth-order valence-corrected chi connectivity index (χ4v) is 10.6. The predicted octanol–water partition coefficient (Wildman–Crippen LogP) is 24.0. The van der Waals surface area contributed by atoms with Gasteiger partial charge in [-0.3, -0.25) is 9.59 Å². The zero-order chi connectivity index (χ0) is 70.4. The van der Waals surface area contributed by atoms with Gasteiger partial charge >= 0.3 is 11.9 Å². The van der Waals surface area contributed by atoms with Gasteiger partial charge in [0.2, 0.25) is 0 Å². The van der Waals surface area contributed by atoms with Crippen molar-refractivity contribution in [3.05, 3.63) is 170 Å². The maximum Gasteiger partial charge on any atom is 0.306 e. The highest BCUT2D eigenvalue weighted by Gasteiger charge is 2.22. The van der Waals surface area contributed by atoms with Crippen LogP contribution in [0.1, 0.15) is 309 Å². The van der Waals surface area contributed by atoms with E-state index in [1.807, 2.05) is 21.1 Å². The molecule has 0 aromatic heterocycles. The third-order valence-electron chi connectivity index (χ3n) is 16.5. The van der Waals surface area contributed by atoms with E-state index in [0.29, 0.717) is 17.4 Å². The van der Waals surface area contributed by atoms with Crippen molar-refractivity contribution in [3.63, 3.8) is 0 Å². The minimum Gasteiger partial charge on any atom is -0.545 e. The zero-order valence-corrected chi connectivity index (χ0v) is 62.9. The molecule has 550 valence electrons. The molecule has 0 aromatic carbocycles. The van der Waals surface area contributed by atoms with Gasteiger partial charge in [0.15, 0.2) is 12.4 Å². The van der Waals surface area contributed by atoms with Crippen LogP contribution < -0.4 is 5.11 Å². The van der Waals surface area contributed by atoms with E-state index in [4.69, 9.17) is 18.9 Å². The molecule has 0 aliphatic carbocycles. The third-order valence-corrected chi connectivity index (χ3v) is 16.5. The normalized spacial score (nSPS) is 13.6. The van der Waals surface area contributed by atoms with Crippen molar-refractivity contribution < 1.29 is 42.9 Å². The molecule has 0 N–H and O–H groups in total. The van der Waals surface area contributed by atoms with Crippen LogP contribution in [0.2, 0.25) is 0 Å². The molecule has 2 atom stereocenters. The highest BCUT2D eigenvalue weighted by atomic mass is 16.7. The minimum absolute atomic E-state index is 0.141. The Morgan fingerprint density at radius 3 is 0.825 bits per heavy atom. The van der Waals surface area contributed by atoms with E-state index < -0.39 is 24.3 Å². The molecular weight excluding hydrogens is 1200 g/mol. The van der Waals surface area contributed by atoms with E-state index in [2.05, 4.69) is 184 Å².